The van der Waals surface area contributed by atoms with E-state index in [1.54, 1.807) is 42.5 Å². The number of carbonyl (C=O) groups is 2. The largest absolute Gasteiger partial charge is 0.490 e. The summed E-state index contributed by atoms with van der Waals surface area (Å²) in [6.45, 7) is 0.705. The summed E-state index contributed by atoms with van der Waals surface area (Å²) in [5.74, 6) is -0.544. The smallest absolute Gasteiger partial charge is 0.341 e. The molecule has 1 atom stereocenters. The van der Waals surface area contributed by atoms with E-state index in [0.717, 1.165) is 19.4 Å². The van der Waals surface area contributed by atoms with E-state index in [1.165, 1.54) is 0 Å². The van der Waals surface area contributed by atoms with Crippen LogP contribution >= 0.6 is 0 Å². The summed E-state index contributed by atoms with van der Waals surface area (Å²) in [5.41, 5.74) is 0.907. The minimum absolute atomic E-state index is 0.0594. The molecule has 3 rings (SSSR count). The molecule has 0 saturated carbocycles. The average Bonchev–Trinajstić information content (AvgIpc) is 3.19. The van der Waals surface area contributed by atoms with Crippen molar-refractivity contribution in [1.29, 1.82) is 0 Å². The molecule has 7 nitrogen and oxygen atoms in total. The average molecular weight is 371 g/mol. The van der Waals surface area contributed by atoms with Crippen LogP contribution in [-0.4, -0.2) is 42.9 Å². The van der Waals surface area contributed by atoms with Crippen molar-refractivity contribution >= 4 is 17.6 Å². The number of para-hydroxylation sites is 1. The molecule has 0 aliphatic carbocycles. The lowest BCUT2D eigenvalue weighted by atomic mass is 10.1. The maximum Gasteiger partial charge on any atom is 0.341 e. The summed E-state index contributed by atoms with van der Waals surface area (Å²) >= 11 is 0. The van der Waals surface area contributed by atoms with Crippen LogP contribution in [-0.2, 0) is 9.53 Å². The summed E-state index contributed by atoms with van der Waals surface area (Å²) in [6, 6.07) is 13.6. The minimum Gasteiger partial charge on any atom is -0.490 e. The fourth-order valence-corrected chi connectivity index (χ4v) is 2.75. The van der Waals surface area contributed by atoms with Gasteiger partial charge in [0, 0.05) is 18.4 Å². The van der Waals surface area contributed by atoms with Crippen LogP contribution < -0.4 is 14.8 Å². The first-order valence-electron chi connectivity index (χ1n) is 8.71. The maximum atomic E-state index is 12.7. The van der Waals surface area contributed by atoms with Crippen molar-refractivity contribution in [3.63, 3.8) is 0 Å². The van der Waals surface area contributed by atoms with Crippen LogP contribution in [0.5, 0.6) is 11.5 Å². The van der Waals surface area contributed by atoms with Crippen molar-refractivity contribution in [2.45, 2.75) is 18.9 Å². The molecule has 0 unspecified atom stereocenters. The number of nitrogens with one attached hydrogen (secondary N) is 1. The van der Waals surface area contributed by atoms with Gasteiger partial charge in [0.1, 0.15) is 18.1 Å². The van der Waals surface area contributed by atoms with E-state index in [4.69, 9.17) is 19.3 Å². The SMILES string of the molecule is O=C(O)COc1cccc(NC(=O)c2ccccc2OC[C@@H]2CCCO2)c1. The molecule has 1 saturated heterocycles. The lowest BCUT2D eigenvalue weighted by Gasteiger charge is -2.15. The number of hydrogen-bond acceptors (Lipinski definition) is 5. The molecule has 2 N–H and O–H groups in total. The standard InChI is InChI=1S/C20H21NO6/c22-19(23)13-26-15-6-3-5-14(11-15)21-20(24)17-8-1-2-9-18(17)27-12-16-7-4-10-25-16/h1-3,5-6,8-9,11,16H,4,7,10,12-13H2,(H,21,24)(H,22,23)/t16-/m0/s1. The third kappa shape index (κ3) is 5.46. The molecule has 142 valence electrons. The first-order valence-corrected chi connectivity index (χ1v) is 8.71. The second kappa shape index (κ2) is 9.05. The molecule has 1 amide bonds. The van der Waals surface area contributed by atoms with E-state index in [9.17, 15) is 9.59 Å². The Hall–Kier alpha value is -3.06. The number of carbonyl (C=O) groups excluding carboxylic acids is 1. The van der Waals surface area contributed by atoms with Crippen LogP contribution in [0.1, 0.15) is 23.2 Å². The third-order valence-corrected chi connectivity index (χ3v) is 4.03. The number of carboxylic acid groups (broad SMARTS) is 1. The van der Waals surface area contributed by atoms with Crippen LogP contribution in [0.3, 0.4) is 0 Å². The monoisotopic (exact) mass is 371 g/mol. The van der Waals surface area contributed by atoms with Gasteiger partial charge in [0.25, 0.3) is 5.91 Å². The Bertz CT molecular complexity index is 801. The Morgan fingerprint density at radius 3 is 2.78 bits per heavy atom. The van der Waals surface area contributed by atoms with Gasteiger partial charge in [-0.05, 0) is 37.1 Å². The fourth-order valence-electron chi connectivity index (χ4n) is 2.75. The van der Waals surface area contributed by atoms with Crippen LogP contribution in [0.25, 0.3) is 0 Å². The van der Waals surface area contributed by atoms with Crippen molar-refractivity contribution in [1.82, 2.24) is 0 Å². The van der Waals surface area contributed by atoms with E-state index >= 15 is 0 Å². The number of ether oxygens (including phenoxy) is 3. The van der Waals surface area contributed by atoms with E-state index in [-0.39, 0.29) is 12.0 Å². The van der Waals surface area contributed by atoms with Gasteiger partial charge in [-0.1, -0.05) is 18.2 Å². The number of rotatable bonds is 8. The van der Waals surface area contributed by atoms with Crippen LogP contribution in [0, 0.1) is 0 Å². The van der Waals surface area contributed by atoms with Gasteiger partial charge >= 0.3 is 5.97 Å². The zero-order valence-electron chi connectivity index (χ0n) is 14.7. The summed E-state index contributed by atoms with van der Waals surface area (Å²) in [6.07, 6.45) is 2.04. The molecular weight excluding hydrogens is 350 g/mol. The Morgan fingerprint density at radius 2 is 2.00 bits per heavy atom. The summed E-state index contributed by atoms with van der Waals surface area (Å²) in [7, 11) is 0. The van der Waals surface area contributed by atoms with Crippen molar-refractivity contribution in [2.75, 3.05) is 25.1 Å². The minimum atomic E-state index is -1.07. The van der Waals surface area contributed by atoms with E-state index in [1.807, 2.05) is 6.07 Å². The van der Waals surface area contributed by atoms with Gasteiger partial charge in [-0.2, -0.15) is 0 Å². The van der Waals surface area contributed by atoms with E-state index in [2.05, 4.69) is 5.32 Å². The van der Waals surface area contributed by atoms with E-state index in [0.29, 0.717) is 29.4 Å². The van der Waals surface area contributed by atoms with Crippen molar-refractivity contribution in [2.24, 2.45) is 0 Å². The molecule has 27 heavy (non-hydrogen) atoms. The molecule has 0 spiro atoms. The molecule has 1 aliphatic rings. The molecule has 0 bridgehead atoms. The maximum absolute atomic E-state index is 12.7. The number of carboxylic acids is 1. The highest BCUT2D eigenvalue weighted by atomic mass is 16.5. The Balaban J connectivity index is 1.65. The van der Waals surface area contributed by atoms with Gasteiger partial charge < -0.3 is 24.6 Å². The third-order valence-electron chi connectivity index (χ3n) is 4.03. The van der Waals surface area contributed by atoms with Gasteiger partial charge in [0.15, 0.2) is 6.61 Å². The molecule has 1 aliphatic heterocycles. The molecule has 1 fully saturated rings. The normalized spacial score (nSPS) is 15.9. The van der Waals surface area contributed by atoms with Gasteiger partial charge in [-0.15, -0.1) is 0 Å². The molecule has 0 radical (unpaired) electrons. The first kappa shape index (κ1) is 18.7. The van der Waals surface area contributed by atoms with E-state index < -0.39 is 12.6 Å². The predicted molar refractivity (Wildman–Crippen MR) is 98.4 cm³/mol. The highest BCUT2D eigenvalue weighted by Gasteiger charge is 2.18. The molecule has 1 heterocycles. The predicted octanol–water partition coefficient (Wildman–Crippen LogP) is 2.96. The fraction of sp³-hybridized carbons (Fsp3) is 0.300. The lowest BCUT2D eigenvalue weighted by molar-refractivity contribution is -0.139. The summed E-state index contributed by atoms with van der Waals surface area (Å²) < 4.78 is 16.5. The zero-order chi connectivity index (χ0) is 19.1. The highest BCUT2D eigenvalue weighted by molar-refractivity contribution is 6.06. The summed E-state index contributed by atoms with van der Waals surface area (Å²) in [5, 5.41) is 11.5. The van der Waals surface area contributed by atoms with Crippen LogP contribution in [0.15, 0.2) is 48.5 Å². The van der Waals surface area contributed by atoms with Crippen molar-refractivity contribution < 1.29 is 28.9 Å². The van der Waals surface area contributed by atoms with Gasteiger partial charge in [0.2, 0.25) is 0 Å². The Kier molecular flexibility index (Phi) is 6.27. The molecular formula is C20H21NO6. The van der Waals surface area contributed by atoms with Crippen molar-refractivity contribution in [3.05, 3.63) is 54.1 Å². The molecule has 2 aromatic carbocycles. The zero-order valence-corrected chi connectivity index (χ0v) is 14.7. The topological polar surface area (TPSA) is 94.1 Å². The van der Waals surface area contributed by atoms with Crippen LogP contribution in [0.2, 0.25) is 0 Å². The van der Waals surface area contributed by atoms with Gasteiger partial charge in [-0.3, -0.25) is 4.79 Å². The summed E-state index contributed by atoms with van der Waals surface area (Å²) in [4.78, 5) is 23.2. The number of hydrogen-bond donors (Lipinski definition) is 2. The van der Waals surface area contributed by atoms with Gasteiger partial charge in [0.05, 0.1) is 11.7 Å². The number of anilines is 1. The molecule has 7 heteroatoms. The van der Waals surface area contributed by atoms with Crippen LogP contribution in [0.4, 0.5) is 5.69 Å². The number of amides is 1. The quantitative estimate of drug-likeness (QED) is 0.741. The lowest BCUT2D eigenvalue weighted by Crippen LogP contribution is -2.19. The Morgan fingerprint density at radius 1 is 1.15 bits per heavy atom. The van der Waals surface area contributed by atoms with Gasteiger partial charge in [-0.25, -0.2) is 4.79 Å². The second-order valence-corrected chi connectivity index (χ2v) is 6.11. The van der Waals surface area contributed by atoms with Crippen molar-refractivity contribution in [3.8, 4) is 11.5 Å². The highest BCUT2D eigenvalue weighted by Crippen LogP contribution is 2.23. The Labute approximate surface area is 156 Å². The first-order chi connectivity index (χ1) is 13.1. The molecule has 2 aromatic rings. The second-order valence-electron chi connectivity index (χ2n) is 6.11. The number of aliphatic carboxylic acids is 1. The number of benzene rings is 2. The molecule has 0 aromatic heterocycles.